The van der Waals surface area contributed by atoms with E-state index >= 15 is 0 Å². The maximum atomic E-state index is 10.6. The smallest absolute Gasteiger partial charge is 0.407 e. The molecule has 0 saturated carbocycles. The van der Waals surface area contributed by atoms with Gasteiger partial charge >= 0.3 is 6.09 Å². The van der Waals surface area contributed by atoms with Crippen molar-refractivity contribution < 1.29 is 9.53 Å². The van der Waals surface area contributed by atoms with Gasteiger partial charge < -0.3 is 10.1 Å². The van der Waals surface area contributed by atoms with Gasteiger partial charge in [0, 0.05) is 6.42 Å². The van der Waals surface area contributed by atoms with Gasteiger partial charge in [-0.15, -0.1) is 6.58 Å². The Balaban J connectivity index is 2.45. The molecule has 0 aromatic heterocycles. The summed E-state index contributed by atoms with van der Waals surface area (Å²) >= 11 is 0. The number of hydrogen-bond donors (Lipinski definition) is 1. The van der Waals surface area contributed by atoms with Gasteiger partial charge in [0.1, 0.15) is 6.10 Å². The van der Waals surface area contributed by atoms with E-state index in [-0.39, 0.29) is 18.2 Å². The number of carbonyl (C=O) groups excluding carboxylic acids is 1. The molecule has 1 saturated heterocycles. The summed E-state index contributed by atoms with van der Waals surface area (Å²) in [5.41, 5.74) is 0. The lowest BCUT2D eigenvalue weighted by atomic mass is 10.1. The molecule has 1 aliphatic heterocycles. The van der Waals surface area contributed by atoms with Gasteiger partial charge in [-0.2, -0.15) is 0 Å². The normalized spacial score (nSPS) is 31.1. The maximum absolute atomic E-state index is 10.6. The van der Waals surface area contributed by atoms with E-state index in [1.807, 2.05) is 6.92 Å². The molecule has 0 radical (unpaired) electrons. The van der Waals surface area contributed by atoms with Gasteiger partial charge in [-0.3, -0.25) is 0 Å². The Morgan fingerprint density at radius 3 is 3.00 bits per heavy atom. The third-order valence-corrected chi connectivity index (χ3v) is 1.56. The SMILES string of the molecule is C=CC[C@H]1OC(=O)N[C@@H]1C. The molecule has 1 amide bonds. The van der Waals surface area contributed by atoms with Gasteiger partial charge in [-0.1, -0.05) is 6.08 Å². The molecule has 1 heterocycles. The van der Waals surface area contributed by atoms with Crippen molar-refractivity contribution in [2.45, 2.75) is 25.5 Å². The summed E-state index contributed by atoms with van der Waals surface area (Å²) in [6, 6.07) is 0.116. The van der Waals surface area contributed by atoms with Gasteiger partial charge in [0.2, 0.25) is 0 Å². The number of rotatable bonds is 2. The Morgan fingerprint density at radius 2 is 2.60 bits per heavy atom. The number of cyclic esters (lactones) is 1. The molecule has 2 atom stereocenters. The first-order valence-electron chi connectivity index (χ1n) is 3.32. The summed E-state index contributed by atoms with van der Waals surface area (Å²) in [6.45, 7) is 5.48. The second-order valence-electron chi connectivity index (χ2n) is 2.40. The standard InChI is InChI=1S/C7H11NO2/c1-3-4-6-5(2)8-7(9)10-6/h3,5-6H,1,4H2,2H3,(H,8,9)/t5-,6-/m1/s1. The van der Waals surface area contributed by atoms with Crippen molar-refractivity contribution >= 4 is 6.09 Å². The topological polar surface area (TPSA) is 38.3 Å². The highest BCUT2D eigenvalue weighted by Crippen LogP contribution is 2.11. The zero-order valence-electron chi connectivity index (χ0n) is 5.96. The third-order valence-electron chi connectivity index (χ3n) is 1.56. The van der Waals surface area contributed by atoms with E-state index in [9.17, 15) is 4.79 Å². The van der Waals surface area contributed by atoms with Crippen LogP contribution in [0.15, 0.2) is 12.7 Å². The molecule has 1 fully saturated rings. The van der Waals surface area contributed by atoms with Crippen LogP contribution >= 0.6 is 0 Å². The van der Waals surface area contributed by atoms with Crippen molar-refractivity contribution in [1.82, 2.24) is 5.32 Å². The van der Waals surface area contributed by atoms with Gasteiger partial charge in [-0.05, 0) is 6.92 Å². The number of carbonyl (C=O) groups is 1. The second kappa shape index (κ2) is 2.73. The number of amides is 1. The first-order chi connectivity index (χ1) is 4.74. The number of ether oxygens (including phenoxy) is 1. The van der Waals surface area contributed by atoms with Crippen molar-refractivity contribution in [2.24, 2.45) is 0 Å². The minimum absolute atomic E-state index is 0.0231. The van der Waals surface area contributed by atoms with Crippen molar-refractivity contribution in [2.75, 3.05) is 0 Å². The Kier molecular flexibility index (Phi) is 1.94. The summed E-state index contributed by atoms with van der Waals surface area (Å²) in [5.74, 6) is 0. The molecule has 10 heavy (non-hydrogen) atoms. The molecule has 0 aliphatic carbocycles. The fourth-order valence-corrected chi connectivity index (χ4v) is 0.969. The summed E-state index contributed by atoms with van der Waals surface area (Å²) in [6.07, 6.45) is 2.13. The second-order valence-corrected chi connectivity index (χ2v) is 2.40. The minimum Gasteiger partial charge on any atom is -0.444 e. The van der Waals surface area contributed by atoms with Gasteiger partial charge in [-0.25, -0.2) is 4.79 Å². The lowest BCUT2D eigenvalue weighted by Crippen LogP contribution is -2.27. The Hall–Kier alpha value is -0.990. The highest BCUT2D eigenvalue weighted by molar-refractivity contribution is 5.70. The highest BCUT2D eigenvalue weighted by atomic mass is 16.6. The first-order valence-corrected chi connectivity index (χ1v) is 3.32. The fourth-order valence-electron chi connectivity index (χ4n) is 0.969. The first kappa shape index (κ1) is 7.12. The monoisotopic (exact) mass is 141 g/mol. The molecule has 3 heteroatoms. The zero-order valence-corrected chi connectivity index (χ0v) is 5.96. The van der Waals surface area contributed by atoms with Crippen LogP contribution in [0.4, 0.5) is 4.79 Å². The molecular weight excluding hydrogens is 130 g/mol. The van der Waals surface area contributed by atoms with E-state index < -0.39 is 0 Å². The van der Waals surface area contributed by atoms with Crippen LogP contribution in [0.25, 0.3) is 0 Å². The van der Waals surface area contributed by atoms with E-state index in [0.717, 1.165) is 6.42 Å². The van der Waals surface area contributed by atoms with Crippen molar-refractivity contribution in [3.63, 3.8) is 0 Å². The maximum Gasteiger partial charge on any atom is 0.407 e. The van der Waals surface area contributed by atoms with Crippen LogP contribution in [0.1, 0.15) is 13.3 Å². The van der Waals surface area contributed by atoms with Crippen LogP contribution < -0.4 is 5.32 Å². The van der Waals surface area contributed by atoms with E-state index in [1.54, 1.807) is 6.08 Å². The summed E-state index contributed by atoms with van der Waals surface area (Å²) in [7, 11) is 0. The van der Waals surface area contributed by atoms with Crippen LogP contribution in [0, 0.1) is 0 Å². The number of alkyl carbamates (subject to hydrolysis) is 1. The fraction of sp³-hybridized carbons (Fsp3) is 0.571. The van der Waals surface area contributed by atoms with Crippen LogP contribution in [-0.2, 0) is 4.74 Å². The molecule has 56 valence electrons. The summed E-state index contributed by atoms with van der Waals surface area (Å²) in [4.78, 5) is 10.6. The van der Waals surface area contributed by atoms with Gasteiger partial charge in [0.15, 0.2) is 0 Å². The summed E-state index contributed by atoms with van der Waals surface area (Å²) < 4.78 is 4.89. The van der Waals surface area contributed by atoms with Crippen molar-refractivity contribution in [1.29, 1.82) is 0 Å². The molecule has 1 rings (SSSR count). The lowest BCUT2D eigenvalue weighted by Gasteiger charge is -2.08. The number of nitrogens with one attached hydrogen (secondary N) is 1. The lowest BCUT2D eigenvalue weighted by molar-refractivity contribution is 0.134. The highest BCUT2D eigenvalue weighted by Gasteiger charge is 2.28. The predicted molar refractivity (Wildman–Crippen MR) is 37.7 cm³/mol. The third kappa shape index (κ3) is 1.29. The molecule has 3 nitrogen and oxygen atoms in total. The van der Waals surface area contributed by atoms with Gasteiger partial charge in [0.05, 0.1) is 6.04 Å². The molecule has 0 aromatic carbocycles. The van der Waals surface area contributed by atoms with E-state index in [4.69, 9.17) is 4.74 Å². The van der Waals surface area contributed by atoms with Crippen molar-refractivity contribution in [3.8, 4) is 0 Å². The van der Waals surface area contributed by atoms with Crippen molar-refractivity contribution in [3.05, 3.63) is 12.7 Å². The average Bonchev–Trinajstić information content (AvgIpc) is 2.13. The predicted octanol–water partition coefficient (Wildman–Crippen LogP) is 1.06. The molecule has 1 N–H and O–H groups in total. The summed E-state index contributed by atoms with van der Waals surface area (Å²) in [5, 5.41) is 2.64. The quantitative estimate of drug-likeness (QED) is 0.584. The van der Waals surface area contributed by atoms with E-state index in [2.05, 4.69) is 11.9 Å². The minimum atomic E-state index is -0.320. The van der Waals surface area contributed by atoms with Crippen LogP contribution in [-0.4, -0.2) is 18.2 Å². The Labute approximate surface area is 60.1 Å². The van der Waals surface area contributed by atoms with E-state index in [0.29, 0.717) is 0 Å². The molecule has 0 spiro atoms. The molecule has 0 unspecified atom stereocenters. The molecule has 1 aliphatic rings. The number of hydrogen-bond acceptors (Lipinski definition) is 2. The Bertz CT molecular complexity index is 156. The van der Waals surface area contributed by atoms with Crippen LogP contribution in [0.5, 0.6) is 0 Å². The average molecular weight is 141 g/mol. The zero-order chi connectivity index (χ0) is 7.56. The molecule has 0 aromatic rings. The molecule has 0 bridgehead atoms. The Morgan fingerprint density at radius 1 is 1.90 bits per heavy atom. The molecular formula is C7H11NO2. The van der Waals surface area contributed by atoms with E-state index in [1.165, 1.54) is 0 Å². The van der Waals surface area contributed by atoms with Crippen LogP contribution in [0.3, 0.4) is 0 Å². The van der Waals surface area contributed by atoms with Crippen LogP contribution in [0.2, 0.25) is 0 Å². The van der Waals surface area contributed by atoms with Gasteiger partial charge in [0.25, 0.3) is 0 Å². The largest absolute Gasteiger partial charge is 0.444 e.